The summed E-state index contributed by atoms with van der Waals surface area (Å²) in [6.07, 6.45) is 3.67. The van der Waals surface area contributed by atoms with Crippen LogP contribution in [0.3, 0.4) is 0 Å². The van der Waals surface area contributed by atoms with Crippen LogP contribution in [0.15, 0.2) is 24.5 Å². The first-order chi connectivity index (χ1) is 5.33. The molecule has 0 saturated heterocycles. The molecule has 0 spiro atoms. The highest BCUT2D eigenvalue weighted by atomic mass is 16.1. The Morgan fingerprint density at radius 1 is 1.45 bits per heavy atom. The number of nitrogens with zero attached hydrogens (tertiary/aromatic N) is 1. The van der Waals surface area contributed by atoms with Gasteiger partial charge in [-0.2, -0.15) is 0 Å². The maximum atomic E-state index is 10.7. The van der Waals surface area contributed by atoms with Crippen LogP contribution in [0.25, 0.3) is 0 Å². The summed E-state index contributed by atoms with van der Waals surface area (Å²) in [7, 11) is 1.61. The highest BCUT2D eigenvalue weighted by Crippen LogP contribution is 1.83. The Balaban J connectivity index is 2.29. The van der Waals surface area contributed by atoms with Crippen LogP contribution >= 0.6 is 0 Å². The van der Waals surface area contributed by atoms with Gasteiger partial charge in [-0.05, 0) is 12.1 Å². The molecule has 0 aliphatic heterocycles. The van der Waals surface area contributed by atoms with Crippen molar-refractivity contribution in [3.8, 4) is 0 Å². The molecule has 0 atom stereocenters. The molecule has 0 aliphatic carbocycles. The molecule has 0 aromatic carbocycles. The summed E-state index contributed by atoms with van der Waals surface area (Å²) in [5, 5.41) is 2.51. The van der Waals surface area contributed by atoms with Crippen molar-refractivity contribution in [1.82, 2.24) is 9.99 Å². The normalized spacial score (nSPS) is 9.18. The zero-order chi connectivity index (χ0) is 8.10. The Morgan fingerprint density at radius 3 is 2.64 bits per heavy atom. The van der Waals surface area contributed by atoms with E-state index in [2.05, 4.69) is 10.7 Å². The number of likely N-dealkylation sites (N-methyl/N-ethyl adjacent to an activating group) is 1. The average molecular weight is 153 g/mol. The molecule has 1 rings (SSSR count). The molecule has 4 nitrogen and oxygen atoms in total. The summed E-state index contributed by atoms with van der Waals surface area (Å²) >= 11 is 0. The smallest absolute Gasteiger partial charge is 0.240 e. The first-order valence-corrected chi connectivity index (χ1v) is 3.40. The SMILES string of the molecule is CNC(=O)CNn1cccc1. The highest BCUT2D eigenvalue weighted by molar-refractivity contribution is 5.78. The van der Waals surface area contributed by atoms with Gasteiger partial charge in [0.2, 0.25) is 5.91 Å². The molecule has 2 N–H and O–H groups in total. The summed E-state index contributed by atoms with van der Waals surface area (Å²) in [6, 6.07) is 3.77. The molecule has 1 amide bonds. The van der Waals surface area contributed by atoms with E-state index in [1.165, 1.54) is 0 Å². The quantitative estimate of drug-likeness (QED) is 0.630. The van der Waals surface area contributed by atoms with Crippen molar-refractivity contribution < 1.29 is 4.79 Å². The second-order valence-electron chi connectivity index (χ2n) is 2.10. The van der Waals surface area contributed by atoms with Gasteiger partial charge in [0.25, 0.3) is 0 Å². The number of carbonyl (C=O) groups excluding carboxylic acids is 1. The number of nitrogens with one attached hydrogen (secondary N) is 2. The summed E-state index contributed by atoms with van der Waals surface area (Å²) < 4.78 is 1.73. The lowest BCUT2D eigenvalue weighted by atomic mass is 10.6. The number of hydrogen-bond donors (Lipinski definition) is 2. The number of rotatable bonds is 3. The van der Waals surface area contributed by atoms with Crippen molar-refractivity contribution in [2.24, 2.45) is 0 Å². The largest absolute Gasteiger partial charge is 0.358 e. The lowest BCUT2D eigenvalue weighted by Crippen LogP contribution is -2.29. The molecule has 11 heavy (non-hydrogen) atoms. The number of amides is 1. The minimum atomic E-state index is -0.0290. The number of carbonyl (C=O) groups is 1. The molecule has 0 fully saturated rings. The molecule has 4 heteroatoms. The Morgan fingerprint density at radius 2 is 2.09 bits per heavy atom. The second-order valence-corrected chi connectivity index (χ2v) is 2.10. The van der Waals surface area contributed by atoms with Crippen LogP contribution in [0, 0.1) is 0 Å². The predicted molar refractivity (Wildman–Crippen MR) is 42.7 cm³/mol. The zero-order valence-electron chi connectivity index (χ0n) is 6.37. The molecule has 0 saturated carbocycles. The van der Waals surface area contributed by atoms with E-state index in [0.29, 0.717) is 6.54 Å². The van der Waals surface area contributed by atoms with Gasteiger partial charge in [-0.3, -0.25) is 9.47 Å². The van der Waals surface area contributed by atoms with E-state index in [1.54, 1.807) is 11.7 Å². The van der Waals surface area contributed by atoms with Crippen LogP contribution in [0.1, 0.15) is 0 Å². The molecule has 0 bridgehead atoms. The van der Waals surface area contributed by atoms with Crippen molar-refractivity contribution in [1.29, 1.82) is 0 Å². The fraction of sp³-hybridized carbons (Fsp3) is 0.286. The summed E-state index contributed by atoms with van der Waals surface area (Å²) in [5.74, 6) is -0.0290. The van der Waals surface area contributed by atoms with Gasteiger partial charge in [0.05, 0.1) is 0 Å². The summed E-state index contributed by atoms with van der Waals surface area (Å²) in [6.45, 7) is 0.297. The molecule has 60 valence electrons. The maximum Gasteiger partial charge on any atom is 0.240 e. The summed E-state index contributed by atoms with van der Waals surface area (Å²) in [4.78, 5) is 10.7. The molecule has 1 aromatic heterocycles. The molecule has 0 unspecified atom stereocenters. The Bertz CT molecular complexity index is 218. The van der Waals surface area contributed by atoms with Crippen molar-refractivity contribution in [3.05, 3.63) is 24.5 Å². The molecule has 0 radical (unpaired) electrons. The topological polar surface area (TPSA) is 46.1 Å². The minimum absolute atomic E-state index is 0.0290. The van der Waals surface area contributed by atoms with Crippen molar-refractivity contribution in [2.45, 2.75) is 0 Å². The van der Waals surface area contributed by atoms with Crippen molar-refractivity contribution in [3.63, 3.8) is 0 Å². The van der Waals surface area contributed by atoms with Crippen LogP contribution in [-0.2, 0) is 4.79 Å². The Labute approximate surface area is 65.2 Å². The third kappa shape index (κ3) is 2.33. The molecular weight excluding hydrogens is 142 g/mol. The fourth-order valence-electron chi connectivity index (χ4n) is 0.691. The Kier molecular flexibility index (Phi) is 2.54. The first-order valence-electron chi connectivity index (χ1n) is 3.40. The van der Waals surface area contributed by atoms with E-state index in [9.17, 15) is 4.79 Å². The van der Waals surface area contributed by atoms with Crippen LogP contribution in [0.5, 0.6) is 0 Å². The van der Waals surface area contributed by atoms with Gasteiger partial charge in [-0.25, -0.2) is 0 Å². The van der Waals surface area contributed by atoms with E-state index in [4.69, 9.17) is 0 Å². The predicted octanol–water partition coefficient (Wildman–Crippen LogP) is -0.222. The maximum absolute atomic E-state index is 10.7. The third-order valence-electron chi connectivity index (χ3n) is 1.31. The van der Waals surface area contributed by atoms with Gasteiger partial charge in [0, 0.05) is 19.4 Å². The van der Waals surface area contributed by atoms with Crippen LogP contribution in [0.2, 0.25) is 0 Å². The lowest BCUT2D eigenvalue weighted by Gasteiger charge is -2.04. The number of aromatic nitrogens is 1. The monoisotopic (exact) mass is 153 g/mol. The summed E-state index contributed by atoms with van der Waals surface area (Å²) in [5.41, 5.74) is 2.88. The molecule has 1 aromatic rings. The fourth-order valence-corrected chi connectivity index (χ4v) is 0.691. The highest BCUT2D eigenvalue weighted by Gasteiger charge is 1.94. The van der Waals surface area contributed by atoms with Gasteiger partial charge in [-0.1, -0.05) is 0 Å². The van der Waals surface area contributed by atoms with Crippen LogP contribution < -0.4 is 10.7 Å². The van der Waals surface area contributed by atoms with E-state index >= 15 is 0 Å². The minimum Gasteiger partial charge on any atom is -0.358 e. The van der Waals surface area contributed by atoms with Crippen molar-refractivity contribution in [2.75, 3.05) is 19.0 Å². The molecule has 0 aliphatic rings. The second kappa shape index (κ2) is 3.65. The van der Waals surface area contributed by atoms with E-state index in [0.717, 1.165) is 0 Å². The standard InChI is InChI=1S/C7H11N3O/c1-8-7(11)6-9-10-4-2-3-5-10/h2-5,9H,6H2,1H3,(H,8,11). The Hall–Kier alpha value is -1.45. The first kappa shape index (κ1) is 7.65. The van der Waals surface area contributed by atoms with Gasteiger partial charge in [0.1, 0.15) is 6.54 Å². The van der Waals surface area contributed by atoms with Gasteiger partial charge >= 0.3 is 0 Å². The van der Waals surface area contributed by atoms with Gasteiger partial charge in [-0.15, -0.1) is 0 Å². The van der Waals surface area contributed by atoms with E-state index in [1.807, 2.05) is 24.5 Å². The van der Waals surface area contributed by atoms with Crippen LogP contribution in [-0.4, -0.2) is 24.2 Å². The van der Waals surface area contributed by atoms with Gasteiger partial charge < -0.3 is 10.7 Å². The lowest BCUT2D eigenvalue weighted by molar-refractivity contribution is -0.119. The van der Waals surface area contributed by atoms with E-state index in [-0.39, 0.29) is 5.91 Å². The molecular formula is C7H11N3O. The number of hydrogen-bond acceptors (Lipinski definition) is 2. The average Bonchev–Trinajstić information content (AvgIpc) is 2.52. The molecule has 1 heterocycles. The zero-order valence-corrected chi connectivity index (χ0v) is 6.37. The van der Waals surface area contributed by atoms with E-state index < -0.39 is 0 Å². The van der Waals surface area contributed by atoms with Gasteiger partial charge in [0.15, 0.2) is 0 Å². The van der Waals surface area contributed by atoms with Crippen LogP contribution in [0.4, 0.5) is 0 Å². The third-order valence-corrected chi connectivity index (χ3v) is 1.31. The van der Waals surface area contributed by atoms with Crippen molar-refractivity contribution >= 4 is 5.91 Å².